The molecular formula is C33H35ClFN7O4. The molecule has 2 atom stereocenters. The first kappa shape index (κ1) is 32.6. The predicted molar refractivity (Wildman–Crippen MR) is 175 cm³/mol. The van der Waals surface area contributed by atoms with Crippen LogP contribution in [0.25, 0.3) is 16.8 Å². The number of nitrogen functional groups attached to an aromatic ring is 1. The van der Waals surface area contributed by atoms with Crippen LogP contribution in [0.15, 0.2) is 78.0 Å². The van der Waals surface area contributed by atoms with Gasteiger partial charge in [0.2, 0.25) is 0 Å². The number of ether oxygens (including phenoxy) is 2. The first-order valence-electron chi connectivity index (χ1n) is 14.7. The number of halogens is 2. The molecule has 4 aromatic rings. The van der Waals surface area contributed by atoms with Gasteiger partial charge in [-0.05, 0) is 47.5 Å². The Morgan fingerprint density at radius 3 is 2.78 bits per heavy atom. The van der Waals surface area contributed by atoms with Gasteiger partial charge in [0.05, 0.1) is 42.7 Å². The number of esters is 1. The summed E-state index contributed by atoms with van der Waals surface area (Å²) in [6.07, 6.45) is 4.37. The number of nitrogens with two attached hydrogens (primary N) is 2. The topological polar surface area (TPSA) is 150 Å². The average Bonchev–Trinajstić information content (AvgIpc) is 3.71. The van der Waals surface area contributed by atoms with E-state index in [1.165, 1.54) is 41.2 Å². The third-order valence-corrected chi connectivity index (χ3v) is 7.83. The molecular weight excluding hydrogens is 613 g/mol. The highest BCUT2D eigenvalue weighted by molar-refractivity contribution is 6.32. The van der Waals surface area contributed by atoms with Crippen LogP contribution in [0.1, 0.15) is 22.3 Å². The van der Waals surface area contributed by atoms with Crippen LogP contribution in [0.4, 0.5) is 10.1 Å². The van der Waals surface area contributed by atoms with Gasteiger partial charge in [0.1, 0.15) is 23.7 Å². The van der Waals surface area contributed by atoms with Crippen molar-refractivity contribution in [3.63, 3.8) is 0 Å². The highest BCUT2D eigenvalue weighted by Crippen LogP contribution is 2.32. The van der Waals surface area contributed by atoms with E-state index in [9.17, 15) is 14.0 Å². The first-order chi connectivity index (χ1) is 22.3. The number of aliphatic imine (C=N–C) groups is 1. The van der Waals surface area contributed by atoms with E-state index in [2.05, 4.69) is 15.4 Å². The Morgan fingerprint density at radius 2 is 2.00 bits per heavy atom. The van der Waals surface area contributed by atoms with Crippen molar-refractivity contribution in [2.45, 2.75) is 18.6 Å². The van der Waals surface area contributed by atoms with Crippen LogP contribution in [0.3, 0.4) is 0 Å². The SMILES string of the molecule is COC(=O)C1CC(Oc2cccc(-c3cccc(N)c3C=NCCNCCN)c2)CN1C(=O)c1cnn(-c2ccc(F)cc2Cl)c1. The zero-order chi connectivity index (χ0) is 32.6. The highest BCUT2D eigenvalue weighted by atomic mass is 35.5. The molecule has 13 heteroatoms. The minimum atomic E-state index is -0.862. The molecule has 0 aliphatic carbocycles. The average molecular weight is 648 g/mol. The van der Waals surface area contributed by atoms with Gasteiger partial charge in [-0.2, -0.15) is 5.10 Å². The van der Waals surface area contributed by atoms with Gasteiger partial charge < -0.3 is 31.2 Å². The molecule has 1 aliphatic heterocycles. The molecule has 1 saturated heterocycles. The number of nitrogens with one attached hydrogen (secondary N) is 1. The molecule has 3 aromatic carbocycles. The lowest BCUT2D eigenvalue weighted by atomic mass is 9.98. The lowest BCUT2D eigenvalue weighted by Gasteiger charge is -2.21. The molecule has 1 fully saturated rings. The van der Waals surface area contributed by atoms with Gasteiger partial charge >= 0.3 is 5.97 Å². The van der Waals surface area contributed by atoms with E-state index < -0.39 is 29.8 Å². The predicted octanol–water partition coefficient (Wildman–Crippen LogP) is 3.72. The van der Waals surface area contributed by atoms with Crippen LogP contribution in [-0.2, 0) is 9.53 Å². The Kier molecular flexibility index (Phi) is 10.6. The minimum absolute atomic E-state index is 0.139. The van der Waals surface area contributed by atoms with Gasteiger partial charge in [-0.1, -0.05) is 35.9 Å². The van der Waals surface area contributed by atoms with Crippen LogP contribution in [0.5, 0.6) is 5.75 Å². The fourth-order valence-corrected chi connectivity index (χ4v) is 5.55. The molecule has 5 N–H and O–H groups in total. The van der Waals surface area contributed by atoms with Crippen molar-refractivity contribution >= 4 is 35.4 Å². The van der Waals surface area contributed by atoms with Crippen LogP contribution in [-0.4, -0.2) is 84.8 Å². The third-order valence-electron chi connectivity index (χ3n) is 7.53. The van der Waals surface area contributed by atoms with Crippen molar-refractivity contribution in [2.75, 3.05) is 45.6 Å². The summed E-state index contributed by atoms with van der Waals surface area (Å²) in [5, 5.41) is 7.57. The number of amides is 1. The standard InChI is InChI=1S/C33H35ClFN7O4/c1-45-33(44)31-16-25(20-41(31)32(43)22-17-40-42(19-22)30-9-8-23(35)15-28(30)34)46-24-5-2-4-21(14-24)26-6-3-7-29(37)27(26)18-39-13-12-38-11-10-36/h2-9,14-15,17-19,25,31,38H,10-13,16,20,36-37H2,1H3. The van der Waals surface area contributed by atoms with Crippen LogP contribution < -0.4 is 21.5 Å². The summed E-state index contributed by atoms with van der Waals surface area (Å²) in [5.74, 6) is -0.905. The summed E-state index contributed by atoms with van der Waals surface area (Å²) >= 11 is 6.18. The Bertz CT molecular complexity index is 1730. The molecule has 0 radical (unpaired) electrons. The summed E-state index contributed by atoms with van der Waals surface area (Å²) < 4.78 is 26.3. The molecule has 46 heavy (non-hydrogen) atoms. The zero-order valence-electron chi connectivity index (χ0n) is 25.2. The summed E-state index contributed by atoms with van der Waals surface area (Å²) in [7, 11) is 1.28. The van der Waals surface area contributed by atoms with Gasteiger partial charge in [-0.15, -0.1) is 0 Å². The maximum Gasteiger partial charge on any atom is 0.328 e. The quantitative estimate of drug-likeness (QED) is 0.0912. The van der Waals surface area contributed by atoms with Gasteiger partial charge in [0.15, 0.2) is 0 Å². The molecule has 0 bridgehead atoms. The molecule has 5 rings (SSSR count). The van der Waals surface area contributed by atoms with E-state index in [1.807, 2.05) is 42.5 Å². The smallest absolute Gasteiger partial charge is 0.328 e. The van der Waals surface area contributed by atoms with E-state index in [-0.39, 0.29) is 23.6 Å². The second-order valence-electron chi connectivity index (χ2n) is 10.7. The number of aromatic nitrogens is 2. The summed E-state index contributed by atoms with van der Waals surface area (Å²) in [5.41, 5.74) is 15.6. The molecule has 240 valence electrons. The van der Waals surface area contributed by atoms with Crippen molar-refractivity contribution < 1.29 is 23.5 Å². The maximum atomic E-state index is 13.6. The van der Waals surface area contributed by atoms with Gasteiger partial charge in [0, 0.05) is 49.7 Å². The molecule has 11 nitrogen and oxygen atoms in total. The lowest BCUT2D eigenvalue weighted by molar-refractivity contribution is -0.145. The number of hydrogen-bond donors (Lipinski definition) is 3. The van der Waals surface area contributed by atoms with E-state index in [0.717, 1.165) is 29.3 Å². The van der Waals surface area contributed by atoms with E-state index in [0.29, 0.717) is 36.8 Å². The summed E-state index contributed by atoms with van der Waals surface area (Å²) in [6, 6.07) is 16.2. The fraction of sp³-hybridized carbons (Fsp3) is 0.273. The summed E-state index contributed by atoms with van der Waals surface area (Å²) in [4.78, 5) is 32.3. The van der Waals surface area contributed by atoms with E-state index in [1.54, 1.807) is 6.21 Å². The highest BCUT2D eigenvalue weighted by Gasteiger charge is 2.42. The Labute approximate surface area is 270 Å². The molecule has 2 unspecified atom stereocenters. The number of hydrogen-bond acceptors (Lipinski definition) is 9. The number of nitrogens with zero attached hydrogens (tertiary/aromatic N) is 4. The molecule has 1 amide bonds. The second kappa shape index (κ2) is 15.0. The van der Waals surface area contributed by atoms with Crippen LogP contribution >= 0.6 is 11.6 Å². The van der Waals surface area contributed by atoms with Crippen LogP contribution in [0, 0.1) is 5.82 Å². The largest absolute Gasteiger partial charge is 0.488 e. The van der Waals surface area contributed by atoms with Crippen molar-refractivity contribution in [3.05, 3.63) is 95.0 Å². The number of rotatable bonds is 12. The van der Waals surface area contributed by atoms with Crippen molar-refractivity contribution in [3.8, 4) is 22.6 Å². The van der Waals surface area contributed by atoms with Crippen LogP contribution in [0.2, 0.25) is 5.02 Å². The molecule has 1 aliphatic rings. The molecule has 2 heterocycles. The zero-order valence-corrected chi connectivity index (χ0v) is 26.0. The Hall–Kier alpha value is -4.78. The van der Waals surface area contributed by atoms with Crippen molar-refractivity contribution in [2.24, 2.45) is 10.7 Å². The van der Waals surface area contributed by atoms with Crippen molar-refractivity contribution in [1.29, 1.82) is 0 Å². The number of carbonyl (C=O) groups excluding carboxylic acids is 2. The third kappa shape index (κ3) is 7.53. The minimum Gasteiger partial charge on any atom is -0.488 e. The molecule has 0 saturated carbocycles. The number of anilines is 1. The maximum absolute atomic E-state index is 13.6. The Morgan fingerprint density at radius 1 is 1.17 bits per heavy atom. The number of likely N-dealkylation sites (tertiary alicyclic amines) is 1. The number of carbonyl (C=O) groups is 2. The monoisotopic (exact) mass is 647 g/mol. The van der Waals surface area contributed by atoms with Gasteiger partial charge in [-0.3, -0.25) is 9.79 Å². The molecule has 1 aromatic heterocycles. The normalized spacial score (nSPS) is 16.2. The van der Waals surface area contributed by atoms with E-state index >= 15 is 0 Å². The lowest BCUT2D eigenvalue weighted by Crippen LogP contribution is -2.41. The number of benzene rings is 3. The molecule has 0 spiro atoms. The Balaban J connectivity index is 1.32. The van der Waals surface area contributed by atoms with E-state index in [4.69, 9.17) is 32.5 Å². The van der Waals surface area contributed by atoms with Gasteiger partial charge in [0.25, 0.3) is 5.91 Å². The van der Waals surface area contributed by atoms with Crippen molar-refractivity contribution in [1.82, 2.24) is 20.0 Å². The summed E-state index contributed by atoms with van der Waals surface area (Å²) in [6.45, 7) is 2.72. The number of methoxy groups -OCH3 is 1. The second-order valence-corrected chi connectivity index (χ2v) is 11.1. The van der Waals surface area contributed by atoms with Gasteiger partial charge in [-0.25, -0.2) is 13.9 Å². The fourth-order valence-electron chi connectivity index (χ4n) is 5.30. The first-order valence-corrected chi connectivity index (χ1v) is 15.1.